The molecule has 10 heavy (non-hydrogen) atoms. The Labute approximate surface area is 72.3 Å². The average molecular weight is 198 g/mol. The van der Waals surface area contributed by atoms with Crippen LogP contribution in [0.2, 0.25) is 4.71 Å². The van der Waals surface area contributed by atoms with Gasteiger partial charge < -0.3 is 0 Å². The molecule has 0 aromatic rings. The Hall–Kier alpha value is 0.558. The fraction of sp³-hybridized carbons (Fsp3) is 1.00. The normalized spacial score (nSPS) is 37.5. The van der Waals surface area contributed by atoms with Gasteiger partial charge in [0, 0.05) is 0 Å². The van der Waals surface area contributed by atoms with Gasteiger partial charge in [-0.3, -0.25) is 0 Å². The summed E-state index contributed by atoms with van der Waals surface area (Å²) in [5.74, 6) is 0. The van der Waals surface area contributed by atoms with E-state index in [2.05, 4.69) is 16.9 Å². The molecule has 0 aromatic carbocycles. The first-order valence-electron chi connectivity index (χ1n) is 4.49. The monoisotopic (exact) mass is 198 g/mol. The van der Waals surface area contributed by atoms with Crippen molar-refractivity contribution in [1.29, 1.82) is 0 Å². The van der Waals surface area contributed by atoms with E-state index >= 15 is 0 Å². The summed E-state index contributed by atoms with van der Waals surface area (Å²) in [5, 5.41) is 0. The fourth-order valence-corrected chi connectivity index (χ4v) is 3.84. The molecule has 2 rings (SSSR count). The van der Waals surface area contributed by atoms with Gasteiger partial charge in [0.2, 0.25) is 0 Å². The van der Waals surface area contributed by atoms with E-state index in [-0.39, 0.29) is 0 Å². The standard InChI is InChI=1S/C9H15As/c10-8-3-6-9(7-8)4-1-2-5-9/h8H,1-7H2. The van der Waals surface area contributed by atoms with Crippen LogP contribution in [0.1, 0.15) is 44.9 Å². The third kappa shape index (κ3) is 1.16. The second-order valence-corrected chi connectivity index (χ2v) is 5.64. The van der Waals surface area contributed by atoms with E-state index < -0.39 is 0 Å². The average Bonchev–Trinajstić information content (AvgIpc) is 2.46. The Kier molecular flexibility index (Phi) is 1.84. The molecule has 2 aliphatic rings. The van der Waals surface area contributed by atoms with Crippen molar-refractivity contribution in [3.8, 4) is 0 Å². The van der Waals surface area contributed by atoms with E-state index in [9.17, 15) is 0 Å². The van der Waals surface area contributed by atoms with Crippen molar-refractivity contribution in [3.63, 3.8) is 0 Å². The summed E-state index contributed by atoms with van der Waals surface area (Å²) >= 11 is 2.86. The Morgan fingerprint density at radius 2 is 1.80 bits per heavy atom. The second kappa shape index (κ2) is 2.55. The van der Waals surface area contributed by atoms with E-state index in [1.165, 1.54) is 32.1 Å². The molecule has 1 spiro atoms. The molecule has 56 valence electrons. The van der Waals surface area contributed by atoms with Crippen molar-refractivity contribution in [2.75, 3.05) is 0 Å². The van der Waals surface area contributed by atoms with Crippen LogP contribution >= 0.6 is 0 Å². The zero-order valence-electron chi connectivity index (χ0n) is 6.47. The van der Waals surface area contributed by atoms with Crippen LogP contribution in [0.25, 0.3) is 0 Å². The summed E-state index contributed by atoms with van der Waals surface area (Å²) in [6.45, 7) is 0. The van der Waals surface area contributed by atoms with Gasteiger partial charge >= 0.3 is 71.9 Å². The van der Waals surface area contributed by atoms with Gasteiger partial charge in [0.1, 0.15) is 0 Å². The van der Waals surface area contributed by atoms with Crippen LogP contribution in [0, 0.1) is 5.41 Å². The molecule has 0 aliphatic heterocycles. The zero-order valence-corrected chi connectivity index (χ0v) is 8.35. The van der Waals surface area contributed by atoms with Crippen molar-refractivity contribution in [2.45, 2.75) is 49.7 Å². The van der Waals surface area contributed by atoms with Crippen molar-refractivity contribution in [2.24, 2.45) is 5.41 Å². The molecule has 1 heteroatoms. The van der Waals surface area contributed by atoms with E-state index in [4.69, 9.17) is 0 Å². The zero-order chi connectivity index (χ0) is 7.03. The molecule has 2 radical (unpaired) electrons. The van der Waals surface area contributed by atoms with E-state index in [0.29, 0.717) is 0 Å². The van der Waals surface area contributed by atoms with E-state index in [0.717, 1.165) is 10.1 Å². The van der Waals surface area contributed by atoms with Gasteiger partial charge in [0.15, 0.2) is 0 Å². The van der Waals surface area contributed by atoms with Crippen LogP contribution in [0.3, 0.4) is 0 Å². The van der Waals surface area contributed by atoms with Crippen LogP contribution in [-0.4, -0.2) is 16.9 Å². The fourth-order valence-electron chi connectivity index (χ4n) is 2.76. The van der Waals surface area contributed by atoms with E-state index in [1.54, 1.807) is 12.8 Å². The van der Waals surface area contributed by atoms with Crippen LogP contribution < -0.4 is 0 Å². The summed E-state index contributed by atoms with van der Waals surface area (Å²) in [7, 11) is 0. The first-order valence-corrected chi connectivity index (χ1v) is 5.57. The molecule has 2 fully saturated rings. The maximum absolute atomic E-state index is 2.86. The third-order valence-corrected chi connectivity index (χ3v) is 4.27. The first kappa shape index (κ1) is 7.22. The Morgan fingerprint density at radius 3 is 2.30 bits per heavy atom. The summed E-state index contributed by atoms with van der Waals surface area (Å²) in [6.07, 6.45) is 10.7. The second-order valence-electron chi connectivity index (χ2n) is 4.10. The van der Waals surface area contributed by atoms with Gasteiger partial charge in [-0.2, -0.15) is 0 Å². The van der Waals surface area contributed by atoms with Gasteiger partial charge in [-0.15, -0.1) is 0 Å². The topological polar surface area (TPSA) is 0 Å². The molecular formula is C9H15As. The molecular weight excluding hydrogens is 183 g/mol. The summed E-state index contributed by atoms with van der Waals surface area (Å²) in [6, 6.07) is 0. The van der Waals surface area contributed by atoms with Crippen LogP contribution in [0.5, 0.6) is 0 Å². The van der Waals surface area contributed by atoms with Gasteiger partial charge in [-0.1, -0.05) is 0 Å². The molecule has 0 bridgehead atoms. The summed E-state index contributed by atoms with van der Waals surface area (Å²) in [4.78, 5) is 0. The molecule has 0 amide bonds. The Balaban J connectivity index is 2.03. The van der Waals surface area contributed by atoms with Crippen LogP contribution in [-0.2, 0) is 0 Å². The number of hydrogen-bond donors (Lipinski definition) is 0. The van der Waals surface area contributed by atoms with Gasteiger partial charge in [0.25, 0.3) is 0 Å². The van der Waals surface area contributed by atoms with Gasteiger partial charge in [0.05, 0.1) is 0 Å². The van der Waals surface area contributed by atoms with Gasteiger partial charge in [-0.05, 0) is 0 Å². The van der Waals surface area contributed by atoms with Crippen LogP contribution in [0.4, 0.5) is 0 Å². The van der Waals surface area contributed by atoms with Crippen molar-refractivity contribution < 1.29 is 0 Å². The third-order valence-electron chi connectivity index (χ3n) is 3.34. The molecule has 2 saturated carbocycles. The maximum atomic E-state index is 2.86. The summed E-state index contributed by atoms with van der Waals surface area (Å²) in [5.41, 5.74) is 0.845. The molecule has 1 unspecified atom stereocenters. The van der Waals surface area contributed by atoms with E-state index in [1.807, 2.05) is 0 Å². The molecule has 0 N–H and O–H groups in total. The number of rotatable bonds is 0. The van der Waals surface area contributed by atoms with Crippen molar-refractivity contribution in [1.82, 2.24) is 0 Å². The molecule has 0 nitrogen and oxygen atoms in total. The molecule has 0 saturated heterocycles. The number of hydrogen-bond acceptors (Lipinski definition) is 0. The summed E-state index contributed by atoms with van der Waals surface area (Å²) < 4.78 is 0.977. The van der Waals surface area contributed by atoms with Crippen molar-refractivity contribution >= 4 is 16.9 Å². The van der Waals surface area contributed by atoms with Crippen molar-refractivity contribution in [3.05, 3.63) is 0 Å². The molecule has 1 atom stereocenters. The minimum absolute atomic E-state index is 0.845. The predicted molar refractivity (Wildman–Crippen MR) is 44.3 cm³/mol. The SMILES string of the molecule is [As]C1CCC2(CCCC2)C1. The molecule has 2 aliphatic carbocycles. The van der Waals surface area contributed by atoms with Crippen LogP contribution in [0.15, 0.2) is 0 Å². The first-order chi connectivity index (χ1) is 4.81. The quantitative estimate of drug-likeness (QED) is 0.525. The Bertz CT molecular complexity index is 125. The molecule has 0 heterocycles. The molecule has 0 aromatic heterocycles. The predicted octanol–water partition coefficient (Wildman–Crippen LogP) is 2.69. The van der Waals surface area contributed by atoms with Gasteiger partial charge in [-0.25, -0.2) is 0 Å². The Morgan fingerprint density at radius 1 is 1.10 bits per heavy atom. The minimum atomic E-state index is 0.845.